The van der Waals surface area contributed by atoms with E-state index in [0.29, 0.717) is 18.4 Å². The van der Waals surface area contributed by atoms with Crippen LogP contribution in [0.3, 0.4) is 0 Å². The Morgan fingerprint density at radius 1 is 0.978 bits per heavy atom. The molecule has 0 aliphatic heterocycles. The summed E-state index contributed by atoms with van der Waals surface area (Å²) in [6, 6.07) is 16.2. The number of methoxy groups -OCH3 is 1. The Bertz CT molecular complexity index is 1360. The van der Waals surface area contributed by atoms with Gasteiger partial charge >= 0.3 is 12.2 Å². The second-order valence-corrected chi connectivity index (χ2v) is 12.0. The molecule has 10 heteroatoms. The fourth-order valence-electron chi connectivity index (χ4n) is 6.23. The molecule has 2 aliphatic carbocycles. The van der Waals surface area contributed by atoms with Gasteiger partial charge in [-0.15, -0.1) is 0 Å². The summed E-state index contributed by atoms with van der Waals surface area (Å²) >= 11 is 0. The molecule has 2 fully saturated rings. The van der Waals surface area contributed by atoms with E-state index < -0.39 is 6.16 Å². The molecule has 1 amide bonds. The molecular formula is C35H46N2O8. The van der Waals surface area contributed by atoms with Crippen molar-refractivity contribution >= 4 is 12.2 Å². The predicted octanol–water partition coefficient (Wildman–Crippen LogP) is 8.24. The van der Waals surface area contributed by atoms with Crippen LogP contribution in [-0.2, 0) is 22.7 Å². The van der Waals surface area contributed by atoms with Crippen LogP contribution in [-0.4, -0.2) is 58.1 Å². The fraction of sp³-hybridized carbons (Fsp3) is 0.514. The molecule has 3 aromatic rings. The normalized spacial score (nSPS) is 18.1. The number of carbonyl (C=O) groups excluding carboxylic acids is 1. The quantitative estimate of drug-likeness (QED) is 0.217. The largest absolute Gasteiger partial charge is 0.503 e. The van der Waals surface area contributed by atoms with Crippen molar-refractivity contribution in [2.75, 3.05) is 13.7 Å². The molecule has 1 heterocycles. The van der Waals surface area contributed by atoms with Crippen molar-refractivity contribution in [3.63, 3.8) is 0 Å². The maximum atomic E-state index is 13.2. The number of ether oxygens (including phenoxy) is 3. The number of aryl methyl sites for hydroxylation is 2. The highest BCUT2D eigenvalue weighted by Gasteiger charge is 2.30. The number of hydrogen-bond donors (Lipinski definition) is 2. The van der Waals surface area contributed by atoms with E-state index in [2.05, 4.69) is 19.1 Å². The number of amides is 1. The average molecular weight is 623 g/mol. The van der Waals surface area contributed by atoms with Crippen LogP contribution in [0.25, 0.3) is 11.5 Å². The molecule has 10 nitrogen and oxygen atoms in total. The monoisotopic (exact) mass is 622 g/mol. The first-order valence-electron chi connectivity index (χ1n) is 15.8. The Morgan fingerprint density at radius 2 is 1.71 bits per heavy atom. The molecule has 0 radical (unpaired) electrons. The van der Waals surface area contributed by atoms with Crippen LogP contribution in [0.1, 0.15) is 80.4 Å². The van der Waals surface area contributed by atoms with Crippen LogP contribution in [0.5, 0.6) is 5.75 Å². The minimum absolute atomic E-state index is 0.192. The Morgan fingerprint density at radius 3 is 2.40 bits per heavy atom. The number of carbonyl (C=O) groups is 2. The molecule has 2 N–H and O–H groups in total. The van der Waals surface area contributed by atoms with E-state index in [9.17, 15) is 4.79 Å². The van der Waals surface area contributed by atoms with E-state index in [0.717, 1.165) is 73.4 Å². The molecule has 5 rings (SSSR count). The van der Waals surface area contributed by atoms with Crippen LogP contribution in [0.15, 0.2) is 52.9 Å². The van der Waals surface area contributed by atoms with E-state index in [1.165, 1.54) is 24.8 Å². The third kappa shape index (κ3) is 10.5. The molecule has 45 heavy (non-hydrogen) atoms. The number of rotatable bonds is 11. The van der Waals surface area contributed by atoms with Gasteiger partial charge in [-0.3, -0.25) is 0 Å². The van der Waals surface area contributed by atoms with Crippen molar-refractivity contribution < 1.29 is 38.4 Å². The molecular weight excluding hydrogens is 576 g/mol. The lowest BCUT2D eigenvalue weighted by molar-refractivity contribution is -0.00245. The Hall–Kier alpha value is -4.05. The van der Waals surface area contributed by atoms with Gasteiger partial charge < -0.3 is 33.7 Å². The Kier molecular flexibility index (Phi) is 12.7. The number of hydrogen-bond acceptors (Lipinski definition) is 7. The summed E-state index contributed by atoms with van der Waals surface area (Å²) in [5.41, 5.74) is 4.01. The highest BCUT2D eigenvalue weighted by atomic mass is 16.6. The molecule has 0 unspecified atom stereocenters. The zero-order chi connectivity index (χ0) is 32.2. The second-order valence-electron chi connectivity index (χ2n) is 12.0. The average Bonchev–Trinajstić information content (AvgIpc) is 3.69. The van der Waals surface area contributed by atoms with Crippen LogP contribution in [0.4, 0.5) is 9.59 Å². The summed E-state index contributed by atoms with van der Waals surface area (Å²) in [7, 11) is 1.65. The molecule has 0 spiro atoms. The molecule has 2 aromatic carbocycles. The summed E-state index contributed by atoms with van der Waals surface area (Å²) in [5, 5.41) is 13.9. The second kappa shape index (κ2) is 16.9. The van der Waals surface area contributed by atoms with Crippen LogP contribution in [0.2, 0.25) is 0 Å². The van der Waals surface area contributed by atoms with Gasteiger partial charge in [-0.1, -0.05) is 55.5 Å². The summed E-state index contributed by atoms with van der Waals surface area (Å²) in [6.07, 6.45) is 8.05. The van der Waals surface area contributed by atoms with E-state index in [-0.39, 0.29) is 24.8 Å². The van der Waals surface area contributed by atoms with Crippen molar-refractivity contribution in [1.82, 2.24) is 9.88 Å². The SMILES string of the molecule is COc1ccc(COC(=O)N(CC[C@@H]2CCC[C@H](OCc3nc(-c4cccc(C)c4)oc3C)C2)C2CCCC2)cc1.O=C(O)O. The summed E-state index contributed by atoms with van der Waals surface area (Å²) in [6.45, 7) is 5.51. The first kappa shape index (κ1) is 33.8. The first-order chi connectivity index (χ1) is 21.7. The number of carboxylic acid groups (broad SMARTS) is 2. The third-order valence-electron chi connectivity index (χ3n) is 8.65. The number of benzene rings is 2. The van der Waals surface area contributed by atoms with Crippen LogP contribution in [0, 0.1) is 19.8 Å². The minimum Gasteiger partial charge on any atom is -0.497 e. The van der Waals surface area contributed by atoms with Crippen molar-refractivity contribution in [1.29, 1.82) is 0 Å². The summed E-state index contributed by atoms with van der Waals surface area (Å²) in [5.74, 6) is 2.80. The van der Waals surface area contributed by atoms with Crippen molar-refractivity contribution in [3.8, 4) is 17.2 Å². The van der Waals surface area contributed by atoms with E-state index in [1.807, 2.05) is 48.2 Å². The zero-order valence-corrected chi connectivity index (χ0v) is 26.6. The maximum Gasteiger partial charge on any atom is 0.503 e. The predicted molar refractivity (Wildman–Crippen MR) is 169 cm³/mol. The van der Waals surface area contributed by atoms with Crippen molar-refractivity contribution in [2.45, 2.75) is 97.0 Å². The summed E-state index contributed by atoms with van der Waals surface area (Å²) in [4.78, 5) is 28.5. The van der Waals surface area contributed by atoms with Gasteiger partial charge in [0, 0.05) is 18.2 Å². The van der Waals surface area contributed by atoms with Crippen LogP contribution >= 0.6 is 0 Å². The van der Waals surface area contributed by atoms with Crippen molar-refractivity contribution in [2.24, 2.45) is 5.92 Å². The number of nitrogens with zero attached hydrogens (tertiary/aromatic N) is 2. The van der Waals surface area contributed by atoms with Gasteiger partial charge in [0.25, 0.3) is 0 Å². The molecule has 0 saturated heterocycles. The lowest BCUT2D eigenvalue weighted by atomic mass is 9.85. The molecule has 244 valence electrons. The highest BCUT2D eigenvalue weighted by Crippen LogP contribution is 2.32. The van der Waals surface area contributed by atoms with Gasteiger partial charge in [-0.2, -0.15) is 0 Å². The van der Waals surface area contributed by atoms with Gasteiger partial charge in [-0.25, -0.2) is 14.6 Å². The highest BCUT2D eigenvalue weighted by molar-refractivity contribution is 5.68. The van der Waals surface area contributed by atoms with E-state index in [4.69, 9.17) is 38.6 Å². The van der Waals surface area contributed by atoms with Gasteiger partial charge in [0.15, 0.2) is 0 Å². The lowest BCUT2D eigenvalue weighted by Gasteiger charge is -2.33. The number of oxazole rings is 1. The summed E-state index contributed by atoms with van der Waals surface area (Å²) < 4.78 is 23.4. The van der Waals surface area contributed by atoms with Gasteiger partial charge in [-0.05, 0) is 81.7 Å². The van der Waals surface area contributed by atoms with Gasteiger partial charge in [0.05, 0.1) is 19.8 Å². The van der Waals surface area contributed by atoms with Crippen LogP contribution < -0.4 is 4.74 Å². The molecule has 0 bridgehead atoms. The number of aromatic nitrogens is 1. The smallest absolute Gasteiger partial charge is 0.497 e. The topological polar surface area (TPSA) is 132 Å². The lowest BCUT2D eigenvalue weighted by Crippen LogP contribution is -2.40. The standard InChI is InChI=1S/C34H44N2O5.CH2O3/c1-24-8-6-10-28(20-24)33-35-32(25(2)41-33)23-39-31-13-7-9-26(21-31)18-19-36(29-11-4-5-12-29)34(37)40-22-27-14-16-30(38-3)17-15-27;2-1(3)4/h6,8,10,14-17,20,26,29,31H,4-5,7,9,11-13,18-19,21-23H2,1-3H3;(H2,2,3,4)/t26-,31-;/m0./s1. The molecule has 2 saturated carbocycles. The van der Waals surface area contributed by atoms with Gasteiger partial charge in [0.2, 0.25) is 5.89 Å². The van der Waals surface area contributed by atoms with E-state index in [1.54, 1.807) is 7.11 Å². The fourth-order valence-corrected chi connectivity index (χ4v) is 6.23. The Balaban J connectivity index is 0.00000109. The van der Waals surface area contributed by atoms with E-state index >= 15 is 0 Å². The zero-order valence-electron chi connectivity index (χ0n) is 26.6. The Labute approximate surface area is 265 Å². The maximum absolute atomic E-state index is 13.2. The molecule has 2 atom stereocenters. The first-order valence-corrected chi connectivity index (χ1v) is 15.8. The van der Waals surface area contributed by atoms with Crippen molar-refractivity contribution in [3.05, 3.63) is 71.1 Å². The molecule has 1 aromatic heterocycles. The molecule has 2 aliphatic rings. The van der Waals surface area contributed by atoms with Gasteiger partial charge in [0.1, 0.15) is 23.8 Å². The minimum atomic E-state index is -1.83. The third-order valence-corrected chi connectivity index (χ3v) is 8.65.